The predicted molar refractivity (Wildman–Crippen MR) is 131 cm³/mol. The molecule has 160 valence electrons. The molecule has 7 nitrogen and oxygen atoms in total. The number of guanidine groups is 1. The highest BCUT2D eigenvalue weighted by molar-refractivity contribution is 14.0. The molecule has 0 atom stereocenters. The summed E-state index contributed by atoms with van der Waals surface area (Å²) in [6, 6.07) is 11.5. The zero-order valence-corrected chi connectivity index (χ0v) is 20.6. The Kier molecular flexibility index (Phi) is 9.18. The second-order valence-corrected chi connectivity index (χ2v) is 9.45. The van der Waals surface area contributed by atoms with Crippen molar-refractivity contribution >= 4 is 56.3 Å². The summed E-state index contributed by atoms with van der Waals surface area (Å²) >= 11 is 1.79. The fourth-order valence-corrected chi connectivity index (χ4v) is 4.69. The van der Waals surface area contributed by atoms with Crippen LogP contribution in [0.15, 0.2) is 51.7 Å². The van der Waals surface area contributed by atoms with Crippen LogP contribution in [0, 0.1) is 0 Å². The van der Waals surface area contributed by atoms with Crippen LogP contribution in [0.1, 0.15) is 18.4 Å². The number of thiophene rings is 1. The molecule has 10 heteroatoms. The number of nitrogens with one attached hydrogen (secondary N) is 3. The molecule has 0 amide bonds. The molecule has 1 aliphatic rings. The number of anilines is 1. The molecule has 1 aliphatic heterocycles. The summed E-state index contributed by atoms with van der Waals surface area (Å²) in [7, 11) is -0.230. The Labute approximate surface area is 194 Å². The maximum atomic E-state index is 11.8. The van der Waals surface area contributed by atoms with E-state index in [2.05, 4.69) is 42.8 Å². The number of hydrogen-bond donors (Lipinski definition) is 3. The van der Waals surface area contributed by atoms with Crippen molar-refractivity contribution < 1.29 is 8.42 Å². The molecule has 0 bridgehead atoms. The van der Waals surface area contributed by atoms with Gasteiger partial charge in [-0.05, 0) is 55.1 Å². The van der Waals surface area contributed by atoms with Gasteiger partial charge >= 0.3 is 0 Å². The molecule has 0 unspecified atom stereocenters. The minimum Gasteiger partial charge on any atom is -0.363 e. The second-order valence-electron chi connectivity index (χ2n) is 6.63. The van der Waals surface area contributed by atoms with Crippen LogP contribution in [0.25, 0.3) is 0 Å². The molecule has 0 aliphatic carbocycles. The van der Waals surface area contributed by atoms with Crippen molar-refractivity contribution in [2.45, 2.75) is 30.3 Å². The second kappa shape index (κ2) is 11.1. The molecule has 2 heterocycles. The van der Waals surface area contributed by atoms with Gasteiger partial charge in [0.05, 0.1) is 9.90 Å². The highest BCUT2D eigenvalue weighted by atomic mass is 127. The maximum Gasteiger partial charge on any atom is 0.240 e. The van der Waals surface area contributed by atoms with E-state index in [-0.39, 0.29) is 28.9 Å². The van der Waals surface area contributed by atoms with Crippen LogP contribution in [0.3, 0.4) is 0 Å². The lowest BCUT2D eigenvalue weighted by atomic mass is 10.1. The molecule has 1 fully saturated rings. The Morgan fingerprint density at radius 3 is 2.45 bits per heavy atom. The molecule has 1 aromatic heterocycles. The van der Waals surface area contributed by atoms with Crippen molar-refractivity contribution in [1.29, 1.82) is 0 Å². The minimum atomic E-state index is -3.40. The lowest BCUT2D eigenvalue weighted by Crippen LogP contribution is -2.48. The van der Waals surface area contributed by atoms with Crippen LogP contribution in [0.4, 0.5) is 5.00 Å². The fourth-order valence-electron chi connectivity index (χ4n) is 3.17. The number of piperidine rings is 1. The van der Waals surface area contributed by atoms with E-state index in [1.807, 2.05) is 12.1 Å². The molecule has 1 saturated heterocycles. The Balaban J connectivity index is 0.00000300. The van der Waals surface area contributed by atoms with Gasteiger partial charge in [0.1, 0.15) is 0 Å². The van der Waals surface area contributed by atoms with Gasteiger partial charge in [0.2, 0.25) is 10.0 Å². The first-order chi connectivity index (χ1) is 13.5. The van der Waals surface area contributed by atoms with Gasteiger partial charge in [-0.2, -0.15) is 0 Å². The molecular formula is C19H28IN5O2S2. The van der Waals surface area contributed by atoms with Gasteiger partial charge in [-0.15, -0.1) is 35.3 Å². The molecular weight excluding hydrogens is 521 g/mol. The summed E-state index contributed by atoms with van der Waals surface area (Å²) in [5.41, 5.74) is 0.991. The van der Waals surface area contributed by atoms with E-state index in [1.54, 1.807) is 30.5 Å². The largest absolute Gasteiger partial charge is 0.363 e. The van der Waals surface area contributed by atoms with E-state index in [0.29, 0.717) is 12.6 Å². The minimum absolute atomic E-state index is 0. The number of aliphatic imine (C=N–C) groups is 1. The van der Waals surface area contributed by atoms with E-state index < -0.39 is 10.0 Å². The summed E-state index contributed by atoms with van der Waals surface area (Å²) in [4.78, 5) is 7.01. The summed E-state index contributed by atoms with van der Waals surface area (Å²) in [5.74, 6) is 0.765. The first kappa shape index (κ1) is 23.9. The Hall–Kier alpha value is -1.37. The van der Waals surface area contributed by atoms with Gasteiger partial charge in [-0.25, -0.2) is 13.1 Å². The summed E-state index contributed by atoms with van der Waals surface area (Å²) in [6.07, 6.45) is 2.13. The summed E-state index contributed by atoms with van der Waals surface area (Å²) in [6.45, 7) is 2.65. The monoisotopic (exact) mass is 549 g/mol. The average molecular weight is 550 g/mol. The molecule has 3 N–H and O–H groups in total. The van der Waals surface area contributed by atoms with E-state index >= 15 is 0 Å². The van der Waals surface area contributed by atoms with Crippen LogP contribution >= 0.6 is 35.3 Å². The summed E-state index contributed by atoms with van der Waals surface area (Å²) < 4.78 is 25.9. The van der Waals surface area contributed by atoms with Crippen LogP contribution in [0.2, 0.25) is 0 Å². The van der Waals surface area contributed by atoms with Gasteiger partial charge in [0.25, 0.3) is 0 Å². The molecule has 1 aromatic carbocycles. The standard InChI is InChI=1S/C19H27N5O2S2.HI/c1-20-19(22-14-15-5-7-17(8-6-15)28(25,26)21-2)23-16-9-11-24(12-10-16)18-4-3-13-27-18;/h3-8,13,16,21H,9-12,14H2,1-2H3,(H2,20,22,23);1H. The number of sulfonamides is 1. The van der Waals surface area contributed by atoms with Crippen molar-refractivity contribution in [3.8, 4) is 0 Å². The van der Waals surface area contributed by atoms with Gasteiger partial charge in [0, 0.05) is 32.7 Å². The van der Waals surface area contributed by atoms with E-state index in [9.17, 15) is 8.42 Å². The van der Waals surface area contributed by atoms with E-state index in [4.69, 9.17) is 0 Å². The van der Waals surface area contributed by atoms with Crippen LogP contribution < -0.4 is 20.3 Å². The maximum absolute atomic E-state index is 11.8. The van der Waals surface area contributed by atoms with Gasteiger partial charge in [0.15, 0.2) is 5.96 Å². The molecule has 0 radical (unpaired) electrons. The third kappa shape index (κ3) is 6.56. The molecule has 0 saturated carbocycles. The van der Waals surface area contributed by atoms with E-state index in [1.165, 1.54) is 12.0 Å². The van der Waals surface area contributed by atoms with Gasteiger partial charge in [-0.3, -0.25) is 4.99 Å². The van der Waals surface area contributed by atoms with Crippen molar-refractivity contribution in [2.75, 3.05) is 32.1 Å². The van der Waals surface area contributed by atoms with Crippen LogP contribution in [0.5, 0.6) is 0 Å². The SMILES string of the molecule is CN=C(NCc1ccc(S(=O)(=O)NC)cc1)NC1CCN(c2cccs2)CC1.I. The lowest BCUT2D eigenvalue weighted by Gasteiger charge is -2.33. The van der Waals surface area contributed by atoms with Gasteiger partial charge < -0.3 is 15.5 Å². The fraction of sp³-hybridized carbons (Fsp3) is 0.421. The average Bonchev–Trinajstić information content (AvgIpc) is 3.27. The highest BCUT2D eigenvalue weighted by Gasteiger charge is 2.20. The van der Waals surface area contributed by atoms with Crippen molar-refractivity contribution in [3.05, 3.63) is 47.3 Å². The number of hydrogen-bond acceptors (Lipinski definition) is 5. The normalized spacial score (nSPS) is 15.7. The van der Waals surface area contributed by atoms with E-state index in [0.717, 1.165) is 37.5 Å². The number of nitrogens with zero attached hydrogens (tertiary/aromatic N) is 2. The topological polar surface area (TPSA) is 85.8 Å². The third-order valence-electron chi connectivity index (χ3n) is 4.84. The Morgan fingerprint density at radius 1 is 1.21 bits per heavy atom. The van der Waals surface area contributed by atoms with Crippen LogP contribution in [-0.4, -0.2) is 47.6 Å². The van der Waals surface area contributed by atoms with Gasteiger partial charge in [-0.1, -0.05) is 12.1 Å². The zero-order chi connectivity index (χ0) is 20.0. The smallest absolute Gasteiger partial charge is 0.240 e. The van der Waals surface area contributed by atoms with Crippen molar-refractivity contribution in [2.24, 2.45) is 4.99 Å². The third-order valence-corrected chi connectivity index (χ3v) is 7.20. The molecule has 3 rings (SSSR count). The van der Waals surface area contributed by atoms with Crippen molar-refractivity contribution in [1.82, 2.24) is 15.4 Å². The Morgan fingerprint density at radius 2 is 1.90 bits per heavy atom. The molecule has 29 heavy (non-hydrogen) atoms. The summed E-state index contributed by atoms with van der Waals surface area (Å²) in [5, 5.41) is 10.3. The first-order valence-corrected chi connectivity index (χ1v) is 11.7. The first-order valence-electron chi connectivity index (χ1n) is 9.30. The molecule has 0 spiro atoms. The number of rotatable bonds is 6. The Bertz CT molecular complexity index is 878. The number of halogens is 1. The van der Waals surface area contributed by atoms with Crippen LogP contribution in [-0.2, 0) is 16.6 Å². The lowest BCUT2D eigenvalue weighted by molar-refractivity contribution is 0.463. The molecule has 2 aromatic rings. The van der Waals surface area contributed by atoms with Crippen molar-refractivity contribution in [3.63, 3.8) is 0 Å². The highest BCUT2D eigenvalue weighted by Crippen LogP contribution is 2.24. The number of benzene rings is 1. The quantitative estimate of drug-likeness (QED) is 0.293. The zero-order valence-electron chi connectivity index (χ0n) is 16.6. The predicted octanol–water partition coefficient (Wildman–Crippen LogP) is 2.61.